The van der Waals surface area contributed by atoms with E-state index in [0.717, 1.165) is 22.0 Å². The first kappa shape index (κ1) is 25.0. The summed E-state index contributed by atoms with van der Waals surface area (Å²) in [4.78, 5) is 4.70. The van der Waals surface area contributed by atoms with Gasteiger partial charge in [0.05, 0.1) is 22.8 Å². The summed E-state index contributed by atoms with van der Waals surface area (Å²) < 4.78 is 29.9. The molecule has 0 saturated carbocycles. The molecule has 4 rings (SSSR count). The van der Waals surface area contributed by atoms with E-state index in [1.165, 1.54) is 30.0 Å². The van der Waals surface area contributed by atoms with Crippen molar-refractivity contribution in [1.82, 2.24) is 9.55 Å². The van der Waals surface area contributed by atoms with E-state index in [1.54, 1.807) is 24.3 Å². The highest BCUT2D eigenvalue weighted by Gasteiger charge is 2.33. The van der Waals surface area contributed by atoms with Crippen LogP contribution in [0.15, 0.2) is 71.8 Å². The van der Waals surface area contributed by atoms with Crippen LogP contribution in [0.3, 0.4) is 0 Å². The van der Waals surface area contributed by atoms with Gasteiger partial charge in [0.1, 0.15) is 11.6 Å². The number of aliphatic hydroxyl groups excluding tert-OH is 1. The molecule has 0 amide bonds. The number of aromatic nitrogens is 2. The van der Waals surface area contributed by atoms with Crippen molar-refractivity contribution in [3.05, 3.63) is 105 Å². The van der Waals surface area contributed by atoms with Crippen LogP contribution in [0, 0.1) is 5.82 Å². The largest absolute Gasteiger partial charge is 0.392 e. The number of fused-ring (bicyclic) bond motifs is 1. The summed E-state index contributed by atoms with van der Waals surface area (Å²) in [5.41, 5.74) is 2.85. The second kappa shape index (κ2) is 10.6. The second-order valence-corrected chi connectivity index (χ2v) is 10.1. The molecule has 1 N–H and O–H groups in total. The fourth-order valence-corrected chi connectivity index (χ4v) is 5.53. The molecular formula is C26H24Cl2F2N2OS. The minimum absolute atomic E-state index is 0.239. The van der Waals surface area contributed by atoms with Crippen molar-refractivity contribution < 1.29 is 13.9 Å². The smallest absolute Gasteiger partial charge is 0.168 e. The van der Waals surface area contributed by atoms with Crippen molar-refractivity contribution in [3.8, 4) is 0 Å². The van der Waals surface area contributed by atoms with Gasteiger partial charge in [0.2, 0.25) is 0 Å². The van der Waals surface area contributed by atoms with Crippen molar-refractivity contribution in [1.29, 1.82) is 0 Å². The summed E-state index contributed by atoms with van der Waals surface area (Å²) in [7, 11) is 0. The molecule has 0 saturated heterocycles. The highest BCUT2D eigenvalue weighted by Crippen LogP contribution is 2.41. The van der Waals surface area contributed by atoms with Gasteiger partial charge in [0, 0.05) is 23.4 Å². The molecular weight excluding hydrogens is 497 g/mol. The third kappa shape index (κ3) is 5.25. The Morgan fingerprint density at radius 1 is 1.12 bits per heavy atom. The third-order valence-electron chi connectivity index (χ3n) is 6.19. The van der Waals surface area contributed by atoms with E-state index in [4.69, 9.17) is 28.2 Å². The molecule has 0 spiro atoms. The molecule has 2 heterocycles. The highest BCUT2D eigenvalue weighted by molar-refractivity contribution is 7.98. The zero-order chi connectivity index (χ0) is 24.3. The van der Waals surface area contributed by atoms with Gasteiger partial charge in [0.25, 0.3) is 0 Å². The molecule has 0 fully saturated rings. The molecule has 2 aromatic carbocycles. The van der Waals surface area contributed by atoms with Crippen LogP contribution in [-0.2, 0) is 24.3 Å². The summed E-state index contributed by atoms with van der Waals surface area (Å²) in [6.07, 6.45) is 7.89. The first-order chi connectivity index (χ1) is 16.3. The number of aliphatic hydroxyl groups is 1. The average Bonchev–Trinajstić information content (AvgIpc) is 3.23. The Balaban J connectivity index is 1.75. The van der Waals surface area contributed by atoms with E-state index >= 15 is 0 Å². The summed E-state index contributed by atoms with van der Waals surface area (Å²) >= 11 is 14.0. The summed E-state index contributed by atoms with van der Waals surface area (Å²) in [6, 6.07) is 10.0. The van der Waals surface area contributed by atoms with Crippen molar-refractivity contribution in [2.24, 2.45) is 0 Å². The third-order valence-corrected chi connectivity index (χ3v) is 7.96. The molecule has 0 bridgehead atoms. The number of rotatable bonds is 5. The summed E-state index contributed by atoms with van der Waals surface area (Å²) in [5.74, 6) is -0.143. The van der Waals surface area contributed by atoms with Crippen LogP contribution in [0.4, 0.5) is 8.78 Å². The highest BCUT2D eigenvalue weighted by atomic mass is 35.5. The van der Waals surface area contributed by atoms with Crippen LogP contribution >= 0.6 is 35.0 Å². The van der Waals surface area contributed by atoms with Crippen LogP contribution in [0.1, 0.15) is 42.1 Å². The monoisotopic (exact) mass is 520 g/mol. The molecule has 3 nitrogen and oxygen atoms in total. The number of allylic oxidation sites excluding steroid dienone is 4. The van der Waals surface area contributed by atoms with Crippen LogP contribution in [0.25, 0.3) is 0 Å². The van der Waals surface area contributed by atoms with Crippen molar-refractivity contribution >= 4 is 35.0 Å². The minimum atomic E-state index is -0.492. The Labute approximate surface area is 212 Å². The predicted molar refractivity (Wildman–Crippen MR) is 135 cm³/mol. The number of hydrogen-bond acceptors (Lipinski definition) is 3. The van der Waals surface area contributed by atoms with Crippen molar-refractivity contribution in [2.75, 3.05) is 0 Å². The molecule has 8 heteroatoms. The van der Waals surface area contributed by atoms with Crippen LogP contribution in [0.2, 0.25) is 10.0 Å². The number of hydrogen-bond donors (Lipinski definition) is 1. The fourth-order valence-electron chi connectivity index (χ4n) is 4.21. The maximum Gasteiger partial charge on any atom is 0.168 e. The van der Waals surface area contributed by atoms with E-state index in [9.17, 15) is 13.9 Å². The SMILES string of the molecule is CC1(c2ccc(Cl)c(Cl)c2)CC/C=C(F)\C=C/Cn2c1cnc2SCc1ccc(F)cc1CO. The van der Waals surface area contributed by atoms with Crippen LogP contribution in [0.5, 0.6) is 0 Å². The Hall–Kier alpha value is -2.12. The quantitative estimate of drug-likeness (QED) is 0.351. The van der Waals surface area contributed by atoms with E-state index in [1.807, 2.05) is 18.3 Å². The Kier molecular flexibility index (Phi) is 7.83. The summed E-state index contributed by atoms with van der Waals surface area (Å²) in [6.45, 7) is 2.30. The Bertz CT molecular complexity index is 1260. The lowest BCUT2D eigenvalue weighted by atomic mass is 9.75. The zero-order valence-corrected chi connectivity index (χ0v) is 20.9. The Morgan fingerprint density at radius 2 is 1.94 bits per heavy atom. The van der Waals surface area contributed by atoms with E-state index < -0.39 is 5.41 Å². The maximum atomic E-state index is 14.2. The molecule has 1 aliphatic rings. The van der Waals surface area contributed by atoms with Gasteiger partial charge in [-0.3, -0.25) is 0 Å². The van der Waals surface area contributed by atoms with E-state index in [-0.39, 0.29) is 18.3 Å². The van der Waals surface area contributed by atoms with Crippen molar-refractivity contribution in [2.45, 2.75) is 49.2 Å². The lowest BCUT2D eigenvalue weighted by molar-refractivity contribution is 0.280. The number of benzene rings is 2. The lowest BCUT2D eigenvalue weighted by Gasteiger charge is -2.32. The van der Waals surface area contributed by atoms with Gasteiger partial charge >= 0.3 is 0 Å². The number of nitrogens with zero attached hydrogens (tertiary/aromatic N) is 2. The van der Waals surface area contributed by atoms with Gasteiger partial charge in [-0.05, 0) is 72.9 Å². The van der Waals surface area contributed by atoms with Gasteiger partial charge in [-0.15, -0.1) is 0 Å². The summed E-state index contributed by atoms with van der Waals surface area (Å²) in [5, 5.41) is 11.3. The molecule has 1 atom stereocenters. The number of halogens is 4. The number of imidazole rings is 1. The predicted octanol–water partition coefficient (Wildman–Crippen LogP) is 7.62. The fraction of sp³-hybridized carbons (Fsp3) is 0.269. The lowest BCUT2D eigenvalue weighted by Crippen LogP contribution is -2.27. The maximum absolute atomic E-state index is 14.2. The van der Waals surface area contributed by atoms with Gasteiger partial charge < -0.3 is 9.67 Å². The molecule has 178 valence electrons. The van der Waals surface area contributed by atoms with Gasteiger partial charge in [0.15, 0.2) is 5.16 Å². The second-order valence-electron chi connectivity index (χ2n) is 8.39. The molecule has 0 aliphatic carbocycles. The zero-order valence-electron chi connectivity index (χ0n) is 18.6. The molecule has 1 unspecified atom stereocenters. The molecule has 34 heavy (non-hydrogen) atoms. The Morgan fingerprint density at radius 3 is 2.71 bits per heavy atom. The first-order valence-corrected chi connectivity index (χ1v) is 12.6. The van der Waals surface area contributed by atoms with Gasteiger partial charge in [-0.1, -0.05) is 53.2 Å². The topological polar surface area (TPSA) is 38.0 Å². The minimum Gasteiger partial charge on any atom is -0.392 e. The standard InChI is InChI=1S/C26H24Cl2F2N2OS/c1-26(19-7-9-22(27)23(28)13-19)10-2-4-20(29)5-3-11-32-24(26)14-31-25(32)34-16-17-6-8-21(30)12-18(17)15-33/h3-9,12-14,33H,2,10-11,15-16H2,1H3/b5-3-,20-4+. The molecule has 3 aromatic rings. The first-order valence-electron chi connectivity index (χ1n) is 10.9. The molecule has 1 aromatic heterocycles. The number of thioether (sulfide) groups is 1. The van der Waals surface area contributed by atoms with Crippen molar-refractivity contribution in [3.63, 3.8) is 0 Å². The van der Waals surface area contributed by atoms with E-state index in [2.05, 4.69) is 11.5 Å². The molecule has 0 radical (unpaired) electrons. The van der Waals surface area contributed by atoms with Gasteiger partial charge in [-0.25, -0.2) is 13.8 Å². The van der Waals surface area contributed by atoms with Gasteiger partial charge in [-0.2, -0.15) is 0 Å². The van der Waals surface area contributed by atoms with Crippen LogP contribution in [-0.4, -0.2) is 14.7 Å². The van der Waals surface area contributed by atoms with Crippen LogP contribution < -0.4 is 0 Å². The molecule has 1 aliphatic heterocycles. The average molecular weight is 521 g/mol. The van der Waals surface area contributed by atoms with E-state index in [0.29, 0.717) is 40.7 Å². The normalized spacial score (nSPS) is 20.9.